The molecule has 1 unspecified atom stereocenters. The van der Waals surface area contributed by atoms with Crippen LogP contribution in [0.5, 0.6) is 0 Å². The summed E-state index contributed by atoms with van der Waals surface area (Å²) in [6.45, 7) is 2.89. The molecule has 1 atom stereocenters. The molecule has 3 rings (SSSR count). The fraction of sp³-hybridized carbons (Fsp3) is 0.381. The lowest BCUT2D eigenvalue weighted by Gasteiger charge is -2.32. The third-order valence-corrected chi connectivity index (χ3v) is 6.87. The van der Waals surface area contributed by atoms with Gasteiger partial charge in [-0.15, -0.1) is 0 Å². The summed E-state index contributed by atoms with van der Waals surface area (Å²) in [4.78, 5) is 11.9. The molecule has 0 bridgehead atoms. The monoisotopic (exact) mass is 387 g/mol. The summed E-state index contributed by atoms with van der Waals surface area (Å²) >= 11 is 0. The number of benzene rings is 2. The third-order valence-electron chi connectivity index (χ3n) is 5.01. The molecule has 1 fully saturated rings. The Morgan fingerprint density at radius 2 is 1.96 bits per heavy atom. The molecule has 2 aromatic rings. The van der Waals surface area contributed by atoms with Crippen LogP contribution in [-0.2, 0) is 26.0 Å². The number of carbonyl (C=O) groups is 1. The molecular formula is C21H25NO4S. The van der Waals surface area contributed by atoms with Gasteiger partial charge < -0.3 is 4.74 Å². The van der Waals surface area contributed by atoms with Gasteiger partial charge in [-0.2, -0.15) is 4.31 Å². The van der Waals surface area contributed by atoms with Crippen molar-refractivity contribution in [2.45, 2.75) is 37.0 Å². The van der Waals surface area contributed by atoms with Crippen molar-refractivity contribution in [3.8, 4) is 0 Å². The van der Waals surface area contributed by atoms with Crippen molar-refractivity contribution in [1.82, 2.24) is 4.31 Å². The summed E-state index contributed by atoms with van der Waals surface area (Å²) in [6, 6.07) is 14.9. The number of esters is 1. The molecule has 2 aromatic carbocycles. The van der Waals surface area contributed by atoms with Gasteiger partial charge in [0.15, 0.2) is 0 Å². The molecule has 0 aliphatic carbocycles. The average molecular weight is 388 g/mol. The normalized spacial score (nSPS) is 18.2. The molecule has 0 saturated carbocycles. The summed E-state index contributed by atoms with van der Waals surface area (Å²) < 4.78 is 32.4. The lowest BCUT2D eigenvalue weighted by Crippen LogP contribution is -2.39. The summed E-state index contributed by atoms with van der Waals surface area (Å²) in [7, 11) is -2.12. The van der Waals surface area contributed by atoms with Crippen molar-refractivity contribution in [3.63, 3.8) is 0 Å². The van der Waals surface area contributed by atoms with Crippen molar-refractivity contribution >= 4 is 16.0 Å². The molecule has 1 aliphatic heterocycles. The molecule has 0 aromatic heterocycles. The van der Waals surface area contributed by atoms with E-state index in [0.29, 0.717) is 18.0 Å². The van der Waals surface area contributed by atoms with E-state index in [1.807, 2.05) is 37.3 Å². The van der Waals surface area contributed by atoms with Crippen molar-refractivity contribution in [1.29, 1.82) is 0 Å². The van der Waals surface area contributed by atoms with E-state index in [4.69, 9.17) is 4.74 Å². The summed E-state index contributed by atoms with van der Waals surface area (Å²) in [5, 5.41) is 0. The van der Waals surface area contributed by atoms with Crippen LogP contribution in [0.1, 0.15) is 35.4 Å². The van der Waals surface area contributed by atoms with E-state index in [-0.39, 0.29) is 18.3 Å². The van der Waals surface area contributed by atoms with Crippen LogP contribution in [0.4, 0.5) is 0 Å². The third kappa shape index (κ3) is 4.57. The van der Waals surface area contributed by atoms with Gasteiger partial charge in [0.05, 0.1) is 18.4 Å². The maximum Gasteiger partial charge on any atom is 0.309 e. The Hall–Kier alpha value is -2.18. The minimum Gasteiger partial charge on any atom is -0.469 e. The zero-order chi connectivity index (χ0) is 19.4. The van der Waals surface area contributed by atoms with Gasteiger partial charge in [0.25, 0.3) is 0 Å². The van der Waals surface area contributed by atoms with Crippen molar-refractivity contribution in [3.05, 3.63) is 65.2 Å². The second-order valence-electron chi connectivity index (χ2n) is 7.02. The maximum absolute atomic E-state index is 13.0. The van der Waals surface area contributed by atoms with Gasteiger partial charge in [-0.3, -0.25) is 4.79 Å². The lowest BCUT2D eigenvalue weighted by atomic mass is 9.90. The summed E-state index contributed by atoms with van der Waals surface area (Å²) in [5.74, 6) is -0.157. The molecule has 6 heteroatoms. The Balaban J connectivity index is 1.80. The van der Waals surface area contributed by atoms with Gasteiger partial charge in [0, 0.05) is 13.1 Å². The zero-order valence-corrected chi connectivity index (χ0v) is 16.5. The number of sulfonamides is 1. The molecule has 144 valence electrons. The van der Waals surface area contributed by atoms with E-state index in [2.05, 4.69) is 0 Å². The molecule has 0 N–H and O–H groups in total. The first kappa shape index (κ1) is 19.6. The topological polar surface area (TPSA) is 63.7 Å². The minimum atomic E-state index is -3.50. The smallest absolute Gasteiger partial charge is 0.309 e. The maximum atomic E-state index is 13.0. The standard InChI is InChI=1S/C21H25NO4S/c1-16-6-3-10-20(12-16)27(24,25)22-11-5-9-19(15-22)18-8-4-7-17(13-18)14-21(23)26-2/h3-4,6-8,10,12-13,19H,5,9,11,14-15H2,1-2H3. The average Bonchev–Trinajstić information content (AvgIpc) is 2.68. The van der Waals surface area contributed by atoms with Crippen molar-refractivity contribution in [2.75, 3.05) is 20.2 Å². The molecule has 1 saturated heterocycles. The lowest BCUT2D eigenvalue weighted by molar-refractivity contribution is -0.139. The fourth-order valence-corrected chi connectivity index (χ4v) is 5.18. The van der Waals surface area contributed by atoms with Crippen LogP contribution in [-0.4, -0.2) is 38.9 Å². The van der Waals surface area contributed by atoms with Gasteiger partial charge in [0.2, 0.25) is 10.0 Å². The zero-order valence-electron chi connectivity index (χ0n) is 15.7. The molecule has 1 aliphatic rings. The number of carbonyl (C=O) groups excluding carboxylic acids is 1. The van der Waals surface area contributed by atoms with Gasteiger partial charge in [0.1, 0.15) is 0 Å². The first-order valence-electron chi connectivity index (χ1n) is 9.12. The van der Waals surface area contributed by atoms with Gasteiger partial charge in [-0.25, -0.2) is 8.42 Å². The number of hydrogen-bond acceptors (Lipinski definition) is 4. The van der Waals surface area contributed by atoms with E-state index in [1.165, 1.54) is 7.11 Å². The van der Waals surface area contributed by atoms with Crippen LogP contribution < -0.4 is 0 Å². The van der Waals surface area contributed by atoms with Gasteiger partial charge in [-0.05, 0) is 54.5 Å². The Morgan fingerprint density at radius 1 is 1.19 bits per heavy atom. The Kier molecular flexibility index (Phi) is 5.97. The number of piperidine rings is 1. The second-order valence-corrected chi connectivity index (χ2v) is 8.95. The minimum absolute atomic E-state index is 0.121. The highest BCUT2D eigenvalue weighted by Gasteiger charge is 2.31. The van der Waals surface area contributed by atoms with Crippen LogP contribution in [0.3, 0.4) is 0 Å². The van der Waals surface area contributed by atoms with Crippen LogP contribution >= 0.6 is 0 Å². The van der Waals surface area contributed by atoms with Crippen LogP contribution in [0, 0.1) is 6.92 Å². The number of nitrogens with zero attached hydrogens (tertiary/aromatic N) is 1. The highest BCUT2D eigenvalue weighted by atomic mass is 32.2. The molecule has 0 amide bonds. The van der Waals surface area contributed by atoms with Crippen molar-refractivity contribution in [2.24, 2.45) is 0 Å². The molecular weight excluding hydrogens is 362 g/mol. The van der Waals surface area contributed by atoms with E-state index >= 15 is 0 Å². The Bertz CT molecular complexity index is 923. The van der Waals surface area contributed by atoms with Crippen LogP contribution in [0.25, 0.3) is 0 Å². The molecule has 0 radical (unpaired) electrons. The predicted molar refractivity (Wildman–Crippen MR) is 104 cm³/mol. The summed E-state index contributed by atoms with van der Waals surface area (Å²) in [6.07, 6.45) is 1.97. The van der Waals surface area contributed by atoms with E-state index in [1.54, 1.807) is 22.5 Å². The van der Waals surface area contributed by atoms with Gasteiger partial charge in [-0.1, -0.05) is 36.4 Å². The number of rotatable bonds is 5. The Morgan fingerprint density at radius 3 is 2.70 bits per heavy atom. The van der Waals surface area contributed by atoms with E-state index in [9.17, 15) is 13.2 Å². The highest BCUT2D eigenvalue weighted by molar-refractivity contribution is 7.89. The molecule has 5 nitrogen and oxygen atoms in total. The van der Waals surface area contributed by atoms with E-state index in [0.717, 1.165) is 29.5 Å². The van der Waals surface area contributed by atoms with Gasteiger partial charge >= 0.3 is 5.97 Å². The SMILES string of the molecule is COC(=O)Cc1cccc(C2CCCN(S(=O)(=O)c3cccc(C)c3)C2)c1. The largest absolute Gasteiger partial charge is 0.469 e. The first-order chi connectivity index (χ1) is 12.9. The molecule has 0 spiro atoms. The molecule has 1 heterocycles. The van der Waals surface area contributed by atoms with E-state index < -0.39 is 10.0 Å². The molecule has 27 heavy (non-hydrogen) atoms. The number of aryl methyl sites for hydroxylation is 1. The number of hydrogen-bond donors (Lipinski definition) is 0. The number of ether oxygens (including phenoxy) is 1. The second kappa shape index (κ2) is 8.23. The number of methoxy groups -OCH3 is 1. The quantitative estimate of drug-likeness (QED) is 0.739. The Labute approximate surface area is 161 Å². The van der Waals surface area contributed by atoms with Crippen molar-refractivity contribution < 1.29 is 17.9 Å². The highest BCUT2D eigenvalue weighted by Crippen LogP contribution is 2.31. The van der Waals surface area contributed by atoms with Crippen LogP contribution in [0.15, 0.2) is 53.4 Å². The fourth-order valence-electron chi connectivity index (χ4n) is 3.55. The van der Waals surface area contributed by atoms with Crippen LogP contribution in [0.2, 0.25) is 0 Å². The first-order valence-corrected chi connectivity index (χ1v) is 10.6. The summed E-state index contributed by atoms with van der Waals surface area (Å²) in [5.41, 5.74) is 2.89. The predicted octanol–water partition coefficient (Wildman–Crippen LogP) is 3.28.